The van der Waals surface area contributed by atoms with E-state index in [9.17, 15) is 4.79 Å². The minimum absolute atomic E-state index is 0.0728. The molecule has 5 heteroatoms. The van der Waals surface area contributed by atoms with Crippen LogP contribution in [0.1, 0.15) is 0 Å². The molecule has 0 saturated heterocycles. The Morgan fingerprint density at radius 3 is 2.60 bits per heavy atom. The lowest BCUT2D eigenvalue weighted by Gasteiger charge is -2.09. The van der Waals surface area contributed by atoms with Crippen LogP contribution in [0.15, 0.2) is 53.4 Å². The van der Waals surface area contributed by atoms with Crippen molar-refractivity contribution >= 4 is 29.0 Å². The molecule has 0 unspecified atom stereocenters. The maximum absolute atomic E-state index is 11.9. The molecule has 0 radical (unpaired) electrons. The van der Waals surface area contributed by atoms with E-state index in [1.807, 2.05) is 48.5 Å². The van der Waals surface area contributed by atoms with Gasteiger partial charge in [0, 0.05) is 10.6 Å². The van der Waals surface area contributed by atoms with Gasteiger partial charge in [0.25, 0.3) is 0 Å². The van der Waals surface area contributed by atoms with Gasteiger partial charge in [0.1, 0.15) is 5.75 Å². The SMILES string of the molecule is COc1ccccc1NC(=O)CSc1ccc(N)cc1. The quantitative estimate of drug-likeness (QED) is 0.655. The number of carbonyl (C=O) groups excluding carboxylic acids is 1. The van der Waals surface area contributed by atoms with Crippen LogP contribution in [-0.4, -0.2) is 18.8 Å². The number of para-hydroxylation sites is 2. The zero-order chi connectivity index (χ0) is 14.4. The molecule has 1 amide bonds. The minimum Gasteiger partial charge on any atom is -0.495 e. The van der Waals surface area contributed by atoms with Gasteiger partial charge in [-0.2, -0.15) is 0 Å². The maximum Gasteiger partial charge on any atom is 0.234 e. The molecule has 20 heavy (non-hydrogen) atoms. The molecular weight excluding hydrogens is 272 g/mol. The number of carbonyl (C=O) groups is 1. The minimum atomic E-state index is -0.0728. The Morgan fingerprint density at radius 1 is 1.20 bits per heavy atom. The van der Waals surface area contributed by atoms with Gasteiger partial charge >= 0.3 is 0 Å². The van der Waals surface area contributed by atoms with Crippen LogP contribution in [-0.2, 0) is 4.79 Å². The molecule has 4 nitrogen and oxygen atoms in total. The summed E-state index contributed by atoms with van der Waals surface area (Å²) >= 11 is 1.46. The number of benzene rings is 2. The van der Waals surface area contributed by atoms with Crippen LogP contribution < -0.4 is 15.8 Å². The van der Waals surface area contributed by atoms with E-state index < -0.39 is 0 Å². The third kappa shape index (κ3) is 3.93. The van der Waals surface area contributed by atoms with Crippen molar-refractivity contribution in [1.82, 2.24) is 0 Å². The number of hydrogen-bond acceptors (Lipinski definition) is 4. The molecule has 2 rings (SSSR count). The van der Waals surface area contributed by atoms with E-state index in [0.29, 0.717) is 22.9 Å². The van der Waals surface area contributed by atoms with Gasteiger partial charge in [0.15, 0.2) is 0 Å². The van der Waals surface area contributed by atoms with Crippen molar-refractivity contribution in [3.05, 3.63) is 48.5 Å². The molecule has 0 aliphatic heterocycles. The fourth-order valence-corrected chi connectivity index (χ4v) is 2.35. The van der Waals surface area contributed by atoms with Crippen LogP contribution >= 0.6 is 11.8 Å². The second-order valence-corrected chi connectivity index (χ2v) is 5.15. The van der Waals surface area contributed by atoms with Crippen molar-refractivity contribution < 1.29 is 9.53 Å². The number of anilines is 2. The summed E-state index contributed by atoms with van der Waals surface area (Å²) in [6.45, 7) is 0. The van der Waals surface area contributed by atoms with Gasteiger partial charge in [-0.3, -0.25) is 4.79 Å². The van der Waals surface area contributed by atoms with Gasteiger partial charge in [-0.1, -0.05) is 12.1 Å². The lowest BCUT2D eigenvalue weighted by Crippen LogP contribution is -2.14. The molecule has 0 spiro atoms. The second kappa shape index (κ2) is 6.86. The Hall–Kier alpha value is -2.14. The van der Waals surface area contributed by atoms with E-state index in [2.05, 4.69) is 5.32 Å². The highest BCUT2D eigenvalue weighted by atomic mass is 32.2. The van der Waals surface area contributed by atoms with Crippen molar-refractivity contribution in [2.45, 2.75) is 4.90 Å². The number of hydrogen-bond donors (Lipinski definition) is 2. The summed E-state index contributed by atoms with van der Waals surface area (Å²) in [7, 11) is 1.58. The summed E-state index contributed by atoms with van der Waals surface area (Å²) in [4.78, 5) is 12.9. The summed E-state index contributed by atoms with van der Waals surface area (Å²) < 4.78 is 5.19. The van der Waals surface area contributed by atoms with Crippen molar-refractivity contribution in [3.8, 4) is 5.75 Å². The molecule has 0 fully saturated rings. The number of nitrogens with one attached hydrogen (secondary N) is 1. The smallest absolute Gasteiger partial charge is 0.234 e. The summed E-state index contributed by atoms with van der Waals surface area (Å²) in [5.41, 5.74) is 7.01. The molecule has 0 bridgehead atoms. The molecule has 3 N–H and O–H groups in total. The Bertz CT molecular complexity index is 585. The highest BCUT2D eigenvalue weighted by Gasteiger charge is 2.07. The molecule has 0 aliphatic rings. The second-order valence-electron chi connectivity index (χ2n) is 4.11. The first-order chi connectivity index (χ1) is 9.69. The molecule has 104 valence electrons. The first-order valence-electron chi connectivity index (χ1n) is 6.10. The monoisotopic (exact) mass is 288 g/mol. The summed E-state index contributed by atoms with van der Waals surface area (Å²) in [5.74, 6) is 0.914. The van der Waals surface area contributed by atoms with Gasteiger partial charge in [0.05, 0.1) is 18.6 Å². The number of amides is 1. The van der Waals surface area contributed by atoms with Crippen LogP contribution in [0, 0.1) is 0 Å². The van der Waals surface area contributed by atoms with Crippen molar-refractivity contribution in [1.29, 1.82) is 0 Å². The van der Waals surface area contributed by atoms with E-state index in [4.69, 9.17) is 10.5 Å². The Balaban J connectivity index is 1.91. The summed E-state index contributed by atoms with van der Waals surface area (Å²) in [5, 5.41) is 2.83. The number of nitrogen functional groups attached to an aromatic ring is 1. The molecule has 0 aliphatic carbocycles. The van der Waals surface area contributed by atoms with Crippen LogP contribution in [0.5, 0.6) is 5.75 Å². The molecule has 0 saturated carbocycles. The van der Waals surface area contributed by atoms with Crippen molar-refractivity contribution in [2.24, 2.45) is 0 Å². The number of rotatable bonds is 5. The Morgan fingerprint density at radius 2 is 1.90 bits per heavy atom. The highest BCUT2D eigenvalue weighted by molar-refractivity contribution is 8.00. The average molecular weight is 288 g/mol. The van der Waals surface area contributed by atoms with Gasteiger partial charge in [0.2, 0.25) is 5.91 Å². The lowest BCUT2D eigenvalue weighted by atomic mass is 10.3. The zero-order valence-corrected chi connectivity index (χ0v) is 11.9. The predicted octanol–water partition coefficient (Wildman–Crippen LogP) is 3.01. The van der Waals surface area contributed by atoms with Gasteiger partial charge in [-0.15, -0.1) is 11.8 Å². The van der Waals surface area contributed by atoms with E-state index in [-0.39, 0.29) is 5.91 Å². The standard InChI is InChI=1S/C15H16N2O2S/c1-19-14-5-3-2-4-13(14)17-15(18)10-20-12-8-6-11(16)7-9-12/h2-9H,10,16H2,1H3,(H,17,18). The molecule has 2 aromatic rings. The third-order valence-corrected chi connectivity index (χ3v) is 3.64. The van der Waals surface area contributed by atoms with E-state index >= 15 is 0 Å². The average Bonchev–Trinajstić information content (AvgIpc) is 2.47. The van der Waals surface area contributed by atoms with Crippen LogP contribution in [0.3, 0.4) is 0 Å². The molecule has 0 atom stereocenters. The Labute approximate surface area is 122 Å². The first kappa shape index (κ1) is 14.3. The summed E-state index contributed by atoms with van der Waals surface area (Å²) in [6.07, 6.45) is 0. The number of nitrogens with two attached hydrogens (primary N) is 1. The van der Waals surface area contributed by atoms with Crippen LogP contribution in [0.2, 0.25) is 0 Å². The number of ether oxygens (including phenoxy) is 1. The maximum atomic E-state index is 11.9. The number of methoxy groups -OCH3 is 1. The van der Waals surface area contributed by atoms with Crippen LogP contribution in [0.25, 0.3) is 0 Å². The summed E-state index contributed by atoms with van der Waals surface area (Å²) in [6, 6.07) is 14.8. The Kier molecular flexibility index (Phi) is 4.90. The zero-order valence-electron chi connectivity index (χ0n) is 11.1. The topological polar surface area (TPSA) is 64.3 Å². The van der Waals surface area contributed by atoms with Gasteiger partial charge < -0.3 is 15.8 Å². The van der Waals surface area contributed by atoms with Gasteiger partial charge in [-0.05, 0) is 36.4 Å². The molecule has 0 heterocycles. The van der Waals surface area contributed by atoms with Crippen LogP contribution in [0.4, 0.5) is 11.4 Å². The van der Waals surface area contributed by atoms with Crippen molar-refractivity contribution in [3.63, 3.8) is 0 Å². The van der Waals surface area contributed by atoms with E-state index in [0.717, 1.165) is 4.90 Å². The third-order valence-electron chi connectivity index (χ3n) is 2.63. The van der Waals surface area contributed by atoms with Gasteiger partial charge in [-0.25, -0.2) is 0 Å². The first-order valence-corrected chi connectivity index (χ1v) is 7.09. The normalized spacial score (nSPS) is 10.1. The largest absolute Gasteiger partial charge is 0.495 e. The number of thioether (sulfide) groups is 1. The molecule has 2 aromatic carbocycles. The van der Waals surface area contributed by atoms with E-state index in [1.54, 1.807) is 7.11 Å². The van der Waals surface area contributed by atoms with Crippen molar-refractivity contribution in [2.75, 3.05) is 23.9 Å². The lowest BCUT2D eigenvalue weighted by molar-refractivity contribution is -0.113. The van der Waals surface area contributed by atoms with E-state index in [1.165, 1.54) is 11.8 Å². The molecule has 0 aromatic heterocycles. The fourth-order valence-electron chi connectivity index (χ4n) is 1.65. The molecular formula is C15H16N2O2S. The predicted molar refractivity (Wildman–Crippen MR) is 83.2 cm³/mol. The highest BCUT2D eigenvalue weighted by Crippen LogP contribution is 2.24. The fraction of sp³-hybridized carbons (Fsp3) is 0.133.